The number of carbonyl (C=O) groups excluding carboxylic acids is 1. The third kappa shape index (κ3) is 5.15. The molecule has 0 aliphatic heterocycles. The number of benzene rings is 1. The normalized spacial score (nSPS) is 12.1. The molecule has 0 aliphatic carbocycles. The van der Waals surface area contributed by atoms with Gasteiger partial charge in [0.2, 0.25) is 0 Å². The van der Waals surface area contributed by atoms with Crippen molar-refractivity contribution in [1.82, 2.24) is 5.43 Å². The Morgan fingerprint density at radius 1 is 1.35 bits per heavy atom. The summed E-state index contributed by atoms with van der Waals surface area (Å²) in [5, 5.41) is 17.5. The SMILES string of the molecule is CC(Nc1ccc(Br)cc1)C(=O)N/N=C/c1ccc([N+](=O)[O-])s1. The van der Waals surface area contributed by atoms with Crippen LogP contribution in [0.1, 0.15) is 11.8 Å². The van der Waals surface area contributed by atoms with E-state index in [2.05, 4.69) is 31.8 Å². The molecule has 0 saturated heterocycles. The minimum Gasteiger partial charge on any atom is -0.374 e. The molecule has 2 aromatic rings. The van der Waals surface area contributed by atoms with Crippen molar-refractivity contribution in [1.29, 1.82) is 0 Å². The van der Waals surface area contributed by atoms with E-state index in [1.165, 1.54) is 12.3 Å². The molecule has 1 heterocycles. The first-order chi connectivity index (χ1) is 11.0. The van der Waals surface area contributed by atoms with Crippen LogP contribution in [0.3, 0.4) is 0 Å². The zero-order chi connectivity index (χ0) is 16.8. The molecule has 9 heteroatoms. The molecule has 0 radical (unpaired) electrons. The molecule has 1 amide bonds. The zero-order valence-electron chi connectivity index (χ0n) is 12.0. The van der Waals surface area contributed by atoms with Crippen LogP contribution in [-0.2, 0) is 4.79 Å². The van der Waals surface area contributed by atoms with E-state index in [-0.39, 0.29) is 10.9 Å². The number of hydrogen-bond donors (Lipinski definition) is 2. The second-order valence-corrected chi connectivity index (χ2v) is 6.55. The molecule has 0 bridgehead atoms. The number of halogens is 1. The van der Waals surface area contributed by atoms with Crippen molar-refractivity contribution >= 4 is 50.1 Å². The van der Waals surface area contributed by atoms with Crippen molar-refractivity contribution in [2.75, 3.05) is 5.32 Å². The minimum atomic E-state index is -0.481. The maximum Gasteiger partial charge on any atom is 0.324 e. The van der Waals surface area contributed by atoms with Crippen molar-refractivity contribution in [3.63, 3.8) is 0 Å². The van der Waals surface area contributed by atoms with E-state index in [1.54, 1.807) is 13.0 Å². The molecule has 1 aromatic heterocycles. The van der Waals surface area contributed by atoms with Gasteiger partial charge in [0.1, 0.15) is 6.04 Å². The smallest absolute Gasteiger partial charge is 0.324 e. The first-order valence-electron chi connectivity index (χ1n) is 6.55. The number of hydrazone groups is 1. The molecule has 1 atom stereocenters. The fraction of sp³-hybridized carbons (Fsp3) is 0.143. The Labute approximate surface area is 144 Å². The van der Waals surface area contributed by atoms with Crippen molar-refractivity contribution in [2.45, 2.75) is 13.0 Å². The molecule has 0 fully saturated rings. The third-order valence-corrected chi connectivity index (χ3v) is 4.28. The fourth-order valence-corrected chi connectivity index (χ4v) is 2.59. The van der Waals surface area contributed by atoms with Crippen LogP contribution in [0.5, 0.6) is 0 Å². The largest absolute Gasteiger partial charge is 0.374 e. The van der Waals surface area contributed by atoms with E-state index < -0.39 is 11.0 Å². The molecule has 2 N–H and O–H groups in total. The van der Waals surface area contributed by atoms with Gasteiger partial charge < -0.3 is 5.32 Å². The van der Waals surface area contributed by atoms with Gasteiger partial charge in [-0.15, -0.1) is 0 Å². The van der Waals surface area contributed by atoms with Gasteiger partial charge in [0, 0.05) is 16.2 Å². The van der Waals surface area contributed by atoms with Crippen LogP contribution in [-0.4, -0.2) is 23.1 Å². The summed E-state index contributed by atoms with van der Waals surface area (Å²) >= 11 is 4.33. The number of hydrogen-bond acceptors (Lipinski definition) is 6. The molecule has 7 nitrogen and oxygen atoms in total. The molecule has 0 aliphatic rings. The average Bonchev–Trinajstić information content (AvgIpc) is 2.98. The average molecular weight is 397 g/mol. The summed E-state index contributed by atoms with van der Waals surface area (Å²) in [6.07, 6.45) is 1.38. The molecular formula is C14H13BrN4O3S. The van der Waals surface area contributed by atoms with Gasteiger partial charge in [0.25, 0.3) is 5.91 Å². The van der Waals surface area contributed by atoms with E-state index in [0.717, 1.165) is 21.5 Å². The zero-order valence-corrected chi connectivity index (χ0v) is 14.4. The van der Waals surface area contributed by atoms with E-state index in [1.807, 2.05) is 24.3 Å². The van der Waals surface area contributed by atoms with Crippen LogP contribution in [0, 0.1) is 10.1 Å². The lowest BCUT2D eigenvalue weighted by Crippen LogP contribution is -2.34. The van der Waals surface area contributed by atoms with Crippen LogP contribution < -0.4 is 10.7 Å². The summed E-state index contributed by atoms with van der Waals surface area (Å²) in [7, 11) is 0. The maximum absolute atomic E-state index is 11.9. The first kappa shape index (κ1) is 17.1. The number of carbonyl (C=O) groups is 1. The van der Waals surface area contributed by atoms with Gasteiger partial charge in [0.15, 0.2) is 0 Å². The molecule has 2 rings (SSSR count). The summed E-state index contributed by atoms with van der Waals surface area (Å²) in [6, 6.07) is 9.92. The van der Waals surface area contributed by atoms with E-state index in [9.17, 15) is 14.9 Å². The summed E-state index contributed by atoms with van der Waals surface area (Å²) in [5.74, 6) is -0.310. The Balaban J connectivity index is 1.86. The quantitative estimate of drug-likeness (QED) is 0.444. The minimum absolute atomic E-state index is 0.0306. The van der Waals surface area contributed by atoms with Crippen molar-refractivity contribution < 1.29 is 9.72 Å². The van der Waals surface area contributed by atoms with Crippen LogP contribution in [0.15, 0.2) is 46.0 Å². The maximum atomic E-state index is 11.9. The van der Waals surface area contributed by atoms with Crippen molar-refractivity contribution in [3.05, 3.63) is 55.9 Å². The highest BCUT2D eigenvalue weighted by Gasteiger charge is 2.12. The predicted molar refractivity (Wildman–Crippen MR) is 93.9 cm³/mol. The number of nitrogens with one attached hydrogen (secondary N) is 2. The van der Waals surface area contributed by atoms with Crippen LogP contribution in [0.4, 0.5) is 10.7 Å². The van der Waals surface area contributed by atoms with Crippen LogP contribution in [0.25, 0.3) is 0 Å². The first-order valence-corrected chi connectivity index (χ1v) is 8.16. The third-order valence-electron chi connectivity index (χ3n) is 2.78. The number of thiophene rings is 1. The van der Waals surface area contributed by atoms with E-state index in [4.69, 9.17) is 0 Å². The highest BCUT2D eigenvalue weighted by molar-refractivity contribution is 9.10. The Hall–Kier alpha value is -2.26. The molecule has 1 unspecified atom stereocenters. The Morgan fingerprint density at radius 2 is 2.04 bits per heavy atom. The van der Waals surface area contributed by atoms with Gasteiger partial charge in [-0.25, -0.2) is 5.43 Å². The number of anilines is 1. The number of amides is 1. The van der Waals surface area contributed by atoms with E-state index in [0.29, 0.717) is 4.88 Å². The van der Waals surface area contributed by atoms with Crippen LogP contribution in [0.2, 0.25) is 0 Å². The Kier molecular flexibility index (Phi) is 5.83. The van der Waals surface area contributed by atoms with Crippen molar-refractivity contribution in [2.24, 2.45) is 5.10 Å². The number of nitrogens with zero attached hydrogens (tertiary/aromatic N) is 2. The predicted octanol–water partition coefficient (Wildman–Crippen LogP) is 3.37. The molecular weight excluding hydrogens is 384 g/mol. The fourth-order valence-electron chi connectivity index (χ4n) is 1.63. The summed E-state index contributed by atoms with van der Waals surface area (Å²) in [6.45, 7) is 1.71. The van der Waals surface area contributed by atoms with E-state index >= 15 is 0 Å². The van der Waals surface area contributed by atoms with Crippen molar-refractivity contribution in [3.8, 4) is 0 Å². The number of nitro groups is 1. The molecule has 23 heavy (non-hydrogen) atoms. The van der Waals surface area contributed by atoms with Crippen LogP contribution >= 0.6 is 27.3 Å². The summed E-state index contributed by atoms with van der Waals surface area (Å²) in [5.41, 5.74) is 3.21. The van der Waals surface area contributed by atoms with Gasteiger partial charge >= 0.3 is 5.00 Å². The highest BCUT2D eigenvalue weighted by atomic mass is 79.9. The molecule has 0 spiro atoms. The van der Waals surface area contributed by atoms with Gasteiger partial charge in [0.05, 0.1) is 16.0 Å². The Morgan fingerprint density at radius 3 is 2.65 bits per heavy atom. The standard InChI is InChI=1S/C14H13BrN4O3S/c1-9(17-11-4-2-10(15)3-5-11)14(20)18-16-8-12-6-7-13(23-12)19(21)22/h2-9,17H,1H3,(H,18,20)/b16-8+. The second-order valence-electron chi connectivity index (χ2n) is 4.54. The topological polar surface area (TPSA) is 96.6 Å². The molecule has 0 saturated carbocycles. The summed E-state index contributed by atoms with van der Waals surface area (Å²) in [4.78, 5) is 22.6. The van der Waals surface area contributed by atoms with Gasteiger partial charge in [-0.1, -0.05) is 27.3 Å². The summed E-state index contributed by atoms with van der Waals surface area (Å²) < 4.78 is 0.954. The lowest BCUT2D eigenvalue weighted by Gasteiger charge is -2.13. The lowest BCUT2D eigenvalue weighted by molar-refractivity contribution is -0.380. The highest BCUT2D eigenvalue weighted by Crippen LogP contribution is 2.22. The number of rotatable bonds is 6. The molecule has 1 aromatic carbocycles. The van der Waals surface area contributed by atoms with Gasteiger partial charge in [-0.3, -0.25) is 14.9 Å². The monoisotopic (exact) mass is 396 g/mol. The van der Waals surface area contributed by atoms with Gasteiger partial charge in [-0.2, -0.15) is 5.10 Å². The second kappa shape index (κ2) is 7.84. The van der Waals surface area contributed by atoms with Gasteiger partial charge in [-0.05, 0) is 37.3 Å². The Bertz CT molecular complexity index is 730. The lowest BCUT2D eigenvalue weighted by atomic mass is 10.2. The molecule has 120 valence electrons.